The number of hydrogen-bond acceptors (Lipinski definition) is 4. The zero-order valence-corrected chi connectivity index (χ0v) is 23.6. The Kier molecular flexibility index (Phi) is 8.13. The molecule has 0 radical (unpaired) electrons. The number of pyridine rings is 1. The van der Waals surface area contributed by atoms with Crippen LogP contribution in [-0.2, 0) is 11.3 Å². The van der Waals surface area contributed by atoms with Crippen LogP contribution in [0.2, 0.25) is 5.02 Å². The summed E-state index contributed by atoms with van der Waals surface area (Å²) in [6.07, 6.45) is 3.42. The third-order valence-corrected chi connectivity index (χ3v) is 7.37. The highest BCUT2D eigenvalue weighted by atomic mass is 35.5. The molecule has 37 heavy (non-hydrogen) atoms. The molecular weight excluding hydrogens is 482 g/mol. The zero-order chi connectivity index (χ0) is 26.7. The molecule has 0 atom stereocenters. The van der Waals surface area contributed by atoms with Gasteiger partial charge in [-0.1, -0.05) is 11.6 Å². The molecule has 1 aliphatic rings. The fourth-order valence-corrected chi connectivity index (χ4v) is 4.99. The molecule has 196 valence electrons. The fraction of sp³-hybridized carbons (Fsp3) is 0.419. The van der Waals surface area contributed by atoms with Crippen LogP contribution < -0.4 is 4.90 Å². The maximum absolute atomic E-state index is 12.6. The summed E-state index contributed by atoms with van der Waals surface area (Å²) < 4.78 is 5.60. The number of amides is 1. The molecule has 2 heterocycles. The van der Waals surface area contributed by atoms with Gasteiger partial charge in [0.1, 0.15) is 5.60 Å². The van der Waals surface area contributed by atoms with E-state index in [1.54, 1.807) is 0 Å². The van der Waals surface area contributed by atoms with Gasteiger partial charge >= 0.3 is 6.09 Å². The summed E-state index contributed by atoms with van der Waals surface area (Å²) in [7, 11) is 0. The van der Waals surface area contributed by atoms with Crippen molar-refractivity contribution in [3.8, 4) is 11.3 Å². The summed E-state index contributed by atoms with van der Waals surface area (Å²) in [4.78, 5) is 21.6. The van der Waals surface area contributed by atoms with Crippen LogP contribution in [0.4, 0.5) is 10.5 Å². The number of ether oxygens (including phenoxy) is 1. The molecule has 4 rings (SSSR count). The van der Waals surface area contributed by atoms with Gasteiger partial charge in [-0.25, -0.2) is 4.79 Å². The second kappa shape index (κ2) is 11.1. The number of anilines is 1. The van der Waals surface area contributed by atoms with Gasteiger partial charge in [-0.3, -0.25) is 4.98 Å². The van der Waals surface area contributed by atoms with Crippen molar-refractivity contribution in [3.63, 3.8) is 0 Å². The van der Waals surface area contributed by atoms with Crippen molar-refractivity contribution in [3.05, 3.63) is 82.0 Å². The highest BCUT2D eigenvalue weighted by molar-refractivity contribution is 6.30. The van der Waals surface area contributed by atoms with E-state index >= 15 is 0 Å². The predicted octanol–water partition coefficient (Wildman–Crippen LogP) is 7.73. The van der Waals surface area contributed by atoms with Crippen LogP contribution in [0.15, 0.2) is 54.7 Å². The van der Waals surface area contributed by atoms with E-state index < -0.39 is 5.60 Å². The van der Waals surface area contributed by atoms with E-state index in [0.29, 0.717) is 19.1 Å². The SMILES string of the molecule is Cc1cc(-c2cc(CN(c3ccc(Cl)cc3)C3CCN(C(=O)OC(C)(C)C)CC3)ccn2)cc(C)c1C. The molecular formula is C31H38ClN3O2. The first-order chi connectivity index (χ1) is 17.5. The number of halogens is 1. The lowest BCUT2D eigenvalue weighted by Gasteiger charge is -2.40. The Morgan fingerprint density at radius 3 is 2.24 bits per heavy atom. The number of rotatable bonds is 5. The summed E-state index contributed by atoms with van der Waals surface area (Å²) in [6, 6.07) is 17.1. The predicted molar refractivity (Wildman–Crippen MR) is 152 cm³/mol. The van der Waals surface area contributed by atoms with Crippen LogP contribution in [0.25, 0.3) is 11.3 Å². The van der Waals surface area contributed by atoms with E-state index in [1.807, 2.05) is 44.0 Å². The Balaban J connectivity index is 1.56. The van der Waals surface area contributed by atoms with E-state index in [1.165, 1.54) is 22.3 Å². The molecule has 6 heteroatoms. The molecule has 1 aromatic heterocycles. The van der Waals surface area contributed by atoms with Crippen molar-refractivity contribution in [1.29, 1.82) is 0 Å². The van der Waals surface area contributed by atoms with Crippen LogP contribution in [0.5, 0.6) is 0 Å². The number of aromatic nitrogens is 1. The summed E-state index contributed by atoms with van der Waals surface area (Å²) >= 11 is 6.21. The smallest absolute Gasteiger partial charge is 0.410 e. The molecule has 1 fully saturated rings. The molecule has 2 aromatic carbocycles. The van der Waals surface area contributed by atoms with Crippen molar-refractivity contribution >= 4 is 23.4 Å². The van der Waals surface area contributed by atoms with Gasteiger partial charge in [-0.05, 0) is 125 Å². The largest absolute Gasteiger partial charge is 0.444 e. The lowest BCUT2D eigenvalue weighted by atomic mass is 9.98. The average molecular weight is 520 g/mol. The van der Waals surface area contributed by atoms with Gasteiger partial charge in [0.15, 0.2) is 0 Å². The Hall–Kier alpha value is -3.05. The van der Waals surface area contributed by atoms with E-state index in [0.717, 1.165) is 41.4 Å². The number of carbonyl (C=O) groups is 1. The number of benzene rings is 2. The van der Waals surface area contributed by atoms with E-state index in [2.05, 4.69) is 62.1 Å². The minimum atomic E-state index is -0.489. The van der Waals surface area contributed by atoms with Crippen LogP contribution in [-0.4, -0.2) is 40.7 Å². The number of aryl methyl sites for hydroxylation is 2. The highest BCUT2D eigenvalue weighted by Gasteiger charge is 2.30. The number of nitrogens with zero attached hydrogens (tertiary/aromatic N) is 3. The van der Waals surface area contributed by atoms with Crippen LogP contribution >= 0.6 is 11.6 Å². The minimum Gasteiger partial charge on any atom is -0.444 e. The standard InChI is InChI=1S/C31H38ClN3O2/c1-21-17-25(18-22(2)23(21)3)29-19-24(11-14-33-29)20-35(27-9-7-26(32)8-10-27)28-12-15-34(16-13-28)30(36)37-31(4,5)6/h7-11,14,17-19,28H,12-13,15-16,20H2,1-6H3. The maximum atomic E-state index is 12.6. The van der Waals surface area contributed by atoms with Crippen molar-refractivity contribution in [2.24, 2.45) is 0 Å². The summed E-state index contributed by atoms with van der Waals surface area (Å²) in [5.74, 6) is 0. The first-order valence-electron chi connectivity index (χ1n) is 13.0. The lowest BCUT2D eigenvalue weighted by Crippen LogP contribution is -2.48. The monoisotopic (exact) mass is 519 g/mol. The second-order valence-electron chi connectivity index (χ2n) is 11.1. The molecule has 0 unspecified atom stereocenters. The van der Waals surface area contributed by atoms with Crippen LogP contribution in [0.3, 0.4) is 0 Å². The average Bonchev–Trinajstić information content (AvgIpc) is 2.85. The Morgan fingerprint density at radius 1 is 1.03 bits per heavy atom. The third kappa shape index (κ3) is 6.84. The number of likely N-dealkylation sites (tertiary alicyclic amines) is 1. The van der Waals surface area contributed by atoms with Gasteiger partial charge < -0.3 is 14.5 Å². The molecule has 0 N–H and O–H groups in total. The lowest BCUT2D eigenvalue weighted by molar-refractivity contribution is 0.0204. The first kappa shape index (κ1) is 27.0. The van der Waals surface area contributed by atoms with Gasteiger partial charge in [0.2, 0.25) is 0 Å². The molecule has 1 saturated heterocycles. The number of hydrogen-bond donors (Lipinski definition) is 0. The normalized spacial score (nSPS) is 14.5. The summed E-state index contributed by atoms with van der Waals surface area (Å²) in [5.41, 5.74) is 7.85. The first-order valence-corrected chi connectivity index (χ1v) is 13.4. The van der Waals surface area contributed by atoms with E-state index in [4.69, 9.17) is 21.3 Å². The van der Waals surface area contributed by atoms with Crippen molar-refractivity contribution in [1.82, 2.24) is 9.88 Å². The van der Waals surface area contributed by atoms with Crippen molar-refractivity contribution in [2.45, 2.75) is 72.6 Å². The minimum absolute atomic E-state index is 0.230. The zero-order valence-electron chi connectivity index (χ0n) is 22.8. The molecule has 0 spiro atoms. The topological polar surface area (TPSA) is 45.7 Å². The quantitative estimate of drug-likeness (QED) is 0.346. The van der Waals surface area contributed by atoms with E-state index in [-0.39, 0.29) is 6.09 Å². The van der Waals surface area contributed by atoms with Gasteiger partial charge in [-0.15, -0.1) is 0 Å². The Morgan fingerprint density at radius 2 is 1.65 bits per heavy atom. The van der Waals surface area contributed by atoms with Crippen LogP contribution in [0.1, 0.15) is 55.9 Å². The van der Waals surface area contributed by atoms with Gasteiger partial charge in [0, 0.05) is 48.1 Å². The van der Waals surface area contributed by atoms with E-state index in [9.17, 15) is 4.79 Å². The highest BCUT2D eigenvalue weighted by Crippen LogP contribution is 2.29. The van der Waals surface area contributed by atoms with Crippen LogP contribution in [0, 0.1) is 20.8 Å². The fourth-order valence-electron chi connectivity index (χ4n) is 4.86. The molecule has 0 bridgehead atoms. The molecule has 0 aliphatic carbocycles. The molecule has 5 nitrogen and oxygen atoms in total. The third-order valence-electron chi connectivity index (χ3n) is 7.12. The van der Waals surface area contributed by atoms with Crippen molar-refractivity contribution < 1.29 is 9.53 Å². The number of piperidine rings is 1. The van der Waals surface area contributed by atoms with Crippen molar-refractivity contribution in [2.75, 3.05) is 18.0 Å². The molecule has 0 saturated carbocycles. The maximum Gasteiger partial charge on any atom is 0.410 e. The Bertz CT molecular complexity index is 1220. The summed E-state index contributed by atoms with van der Waals surface area (Å²) in [6.45, 7) is 14.3. The molecule has 1 amide bonds. The second-order valence-corrected chi connectivity index (χ2v) is 11.5. The Labute approximate surface area is 226 Å². The van der Waals surface area contributed by atoms with Gasteiger partial charge in [0.25, 0.3) is 0 Å². The van der Waals surface area contributed by atoms with Gasteiger partial charge in [-0.2, -0.15) is 0 Å². The number of carbonyl (C=O) groups excluding carboxylic acids is 1. The molecule has 3 aromatic rings. The summed E-state index contributed by atoms with van der Waals surface area (Å²) in [5, 5.41) is 0.722. The van der Waals surface area contributed by atoms with Gasteiger partial charge in [0.05, 0.1) is 5.69 Å². The molecule has 1 aliphatic heterocycles.